The minimum Gasteiger partial charge on any atom is -0.462 e. The van der Waals surface area contributed by atoms with Gasteiger partial charge in [0.1, 0.15) is 0 Å². The second-order valence-corrected chi connectivity index (χ2v) is 5.34. The first kappa shape index (κ1) is 16.6. The van der Waals surface area contributed by atoms with Crippen LogP contribution in [0.1, 0.15) is 24.2 Å². The molecule has 0 bridgehead atoms. The third-order valence-corrected chi connectivity index (χ3v) is 3.83. The van der Waals surface area contributed by atoms with Crippen LogP contribution in [0.2, 0.25) is 0 Å². The minimum absolute atomic E-state index is 0.0552. The number of esters is 1. The summed E-state index contributed by atoms with van der Waals surface area (Å²) in [5, 5.41) is 0.0552. The summed E-state index contributed by atoms with van der Waals surface area (Å²) in [6.45, 7) is 3.93. The fourth-order valence-electron chi connectivity index (χ4n) is 2.69. The lowest BCUT2D eigenvalue weighted by molar-refractivity contribution is 0.0528. The lowest BCUT2D eigenvalue weighted by Gasteiger charge is -2.12. The summed E-state index contributed by atoms with van der Waals surface area (Å²) in [7, 11) is 0. The minimum atomic E-state index is -0.653. The van der Waals surface area contributed by atoms with Gasteiger partial charge in [-0.3, -0.25) is 14.3 Å². The van der Waals surface area contributed by atoms with Gasteiger partial charge in [0.25, 0.3) is 5.56 Å². The van der Waals surface area contributed by atoms with Crippen molar-refractivity contribution in [1.82, 2.24) is 14.5 Å². The largest absolute Gasteiger partial charge is 0.462 e. The zero-order chi connectivity index (χ0) is 18.0. The van der Waals surface area contributed by atoms with Crippen LogP contribution in [-0.2, 0) is 11.3 Å². The van der Waals surface area contributed by atoms with Gasteiger partial charge < -0.3 is 4.74 Å². The third kappa shape index (κ3) is 2.96. The number of aromatic nitrogens is 3. The number of hydrogen-bond acceptors (Lipinski definition) is 5. The maximum absolute atomic E-state index is 12.4. The Labute approximate surface area is 142 Å². The highest BCUT2D eigenvalue weighted by Gasteiger charge is 2.20. The topological polar surface area (TPSA) is 94.1 Å². The Balaban J connectivity index is 2.44. The first-order chi connectivity index (χ1) is 12.1. The summed E-state index contributed by atoms with van der Waals surface area (Å²) in [5.41, 5.74) is 0.302. The molecule has 0 saturated heterocycles. The van der Waals surface area contributed by atoms with Gasteiger partial charge in [-0.15, -0.1) is 0 Å². The molecule has 0 spiro atoms. The fourth-order valence-corrected chi connectivity index (χ4v) is 2.69. The Morgan fingerprint density at radius 3 is 2.56 bits per heavy atom. The van der Waals surface area contributed by atoms with Crippen LogP contribution in [0.25, 0.3) is 22.3 Å². The maximum Gasteiger partial charge on any atom is 0.339 e. The zero-order valence-electron chi connectivity index (χ0n) is 13.9. The Morgan fingerprint density at radius 2 is 1.92 bits per heavy atom. The van der Waals surface area contributed by atoms with Crippen molar-refractivity contribution in [2.45, 2.75) is 20.4 Å². The lowest BCUT2D eigenvalue weighted by Crippen LogP contribution is -2.31. The van der Waals surface area contributed by atoms with E-state index in [4.69, 9.17) is 4.74 Å². The van der Waals surface area contributed by atoms with Gasteiger partial charge in [0.2, 0.25) is 0 Å². The molecule has 0 fully saturated rings. The molecule has 0 radical (unpaired) electrons. The number of aryl methyl sites for hydroxylation is 1. The first-order valence-corrected chi connectivity index (χ1v) is 7.97. The molecular formula is C18H17N3O4. The van der Waals surface area contributed by atoms with Gasteiger partial charge in [0, 0.05) is 12.1 Å². The van der Waals surface area contributed by atoms with Crippen molar-refractivity contribution < 1.29 is 9.53 Å². The molecule has 25 heavy (non-hydrogen) atoms. The summed E-state index contributed by atoms with van der Waals surface area (Å²) in [6, 6.07) is 10.8. The monoisotopic (exact) mass is 339 g/mol. The van der Waals surface area contributed by atoms with Crippen molar-refractivity contribution in [1.29, 1.82) is 0 Å². The standard InChI is InChI=1S/C18H17N3O4/c1-3-21-15-14(16(22)20-18(21)24)12(17(23)25-4-2)10-13(19-15)11-8-6-5-7-9-11/h5-10H,3-4H2,1-2H3,(H,20,22,24). The van der Waals surface area contributed by atoms with Crippen LogP contribution in [0.3, 0.4) is 0 Å². The van der Waals surface area contributed by atoms with Crippen LogP contribution in [0.15, 0.2) is 46.0 Å². The number of rotatable bonds is 4. The molecule has 7 heteroatoms. The molecule has 2 heterocycles. The molecule has 3 rings (SSSR count). The predicted molar refractivity (Wildman–Crippen MR) is 93.7 cm³/mol. The number of ether oxygens (including phenoxy) is 1. The van der Waals surface area contributed by atoms with Crippen LogP contribution in [0.5, 0.6) is 0 Å². The molecule has 0 aliphatic rings. The van der Waals surface area contributed by atoms with Crippen LogP contribution in [0.4, 0.5) is 0 Å². The molecule has 7 nitrogen and oxygen atoms in total. The second-order valence-electron chi connectivity index (χ2n) is 5.34. The van der Waals surface area contributed by atoms with Crippen LogP contribution < -0.4 is 11.2 Å². The molecule has 0 saturated carbocycles. The van der Waals surface area contributed by atoms with E-state index in [9.17, 15) is 14.4 Å². The SMILES string of the molecule is CCOC(=O)c1cc(-c2ccccc2)nc2c1c(=O)[nH]c(=O)n2CC. The number of benzene rings is 1. The van der Waals surface area contributed by atoms with Crippen molar-refractivity contribution in [3.63, 3.8) is 0 Å². The molecule has 1 aromatic carbocycles. The van der Waals surface area contributed by atoms with E-state index in [1.54, 1.807) is 13.8 Å². The number of carbonyl (C=O) groups is 1. The Morgan fingerprint density at radius 1 is 1.20 bits per heavy atom. The molecule has 3 aromatic rings. The van der Waals surface area contributed by atoms with Crippen molar-refractivity contribution in [2.75, 3.05) is 6.61 Å². The van der Waals surface area contributed by atoms with Gasteiger partial charge in [-0.1, -0.05) is 30.3 Å². The van der Waals surface area contributed by atoms with Gasteiger partial charge >= 0.3 is 11.7 Å². The van der Waals surface area contributed by atoms with Crippen LogP contribution in [-0.4, -0.2) is 27.1 Å². The van der Waals surface area contributed by atoms with Crippen molar-refractivity contribution in [3.8, 4) is 11.3 Å². The summed E-state index contributed by atoms with van der Waals surface area (Å²) < 4.78 is 6.40. The summed E-state index contributed by atoms with van der Waals surface area (Å²) >= 11 is 0. The molecule has 0 atom stereocenters. The number of aromatic amines is 1. The first-order valence-electron chi connectivity index (χ1n) is 7.97. The molecular weight excluding hydrogens is 322 g/mol. The summed E-state index contributed by atoms with van der Waals surface area (Å²) in [6.07, 6.45) is 0. The summed E-state index contributed by atoms with van der Waals surface area (Å²) in [4.78, 5) is 43.5. The number of H-pyrrole nitrogens is 1. The van der Waals surface area contributed by atoms with E-state index in [0.717, 1.165) is 5.56 Å². The van der Waals surface area contributed by atoms with E-state index < -0.39 is 17.2 Å². The molecule has 1 N–H and O–H groups in total. The average Bonchev–Trinajstić information content (AvgIpc) is 2.62. The summed E-state index contributed by atoms with van der Waals surface area (Å²) in [5.74, 6) is -0.626. The second kappa shape index (κ2) is 6.72. The Bertz CT molecular complexity index is 1050. The third-order valence-electron chi connectivity index (χ3n) is 3.83. The number of nitrogens with zero attached hydrogens (tertiary/aromatic N) is 2. The van der Waals surface area contributed by atoms with Gasteiger partial charge in [0.15, 0.2) is 5.65 Å². The number of nitrogens with one attached hydrogen (secondary N) is 1. The fraction of sp³-hybridized carbons (Fsp3) is 0.222. The number of hydrogen-bond donors (Lipinski definition) is 1. The normalized spacial score (nSPS) is 10.8. The average molecular weight is 339 g/mol. The molecule has 0 aliphatic heterocycles. The molecule has 128 valence electrons. The van der Waals surface area contributed by atoms with Gasteiger partial charge in [-0.05, 0) is 19.9 Å². The highest BCUT2D eigenvalue weighted by atomic mass is 16.5. The van der Waals surface area contributed by atoms with Crippen molar-refractivity contribution >= 4 is 17.0 Å². The molecule has 2 aromatic heterocycles. The van der Waals surface area contributed by atoms with Crippen molar-refractivity contribution in [2.24, 2.45) is 0 Å². The lowest BCUT2D eigenvalue weighted by atomic mass is 10.1. The van der Waals surface area contributed by atoms with E-state index in [2.05, 4.69) is 9.97 Å². The molecule has 0 amide bonds. The number of carbonyl (C=O) groups excluding carboxylic acids is 1. The zero-order valence-corrected chi connectivity index (χ0v) is 13.9. The van der Waals surface area contributed by atoms with E-state index in [0.29, 0.717) is 12.2 Å². The van der Waals surface area contributed by atoms with Gasteiger partial charge in [-0.2, -0.15) is 0 Å². The quantitative estimate of drug-likeness (QED) is 0.733. The molecule has 0 aliphatic carbocycles. The highest BCUT2D eigenvalue weighted by Crippen LogP contribution is 2.23. The van der Waals surface area contributed by atoms with Crippen LogP contribution in [0, 0.1) is 0 Å². The van der Waals surface area contributed by atoms with Crippen molar-refractivity contribution in [3.05, 3.63) is 62.8 Å². The van der Waals surface area contributed by atoms with E-state index in [1.165, 1.54) is 10.6 Å². The Kier molecular flexibility index (Phi) is 4.47. The van der Waals surface area contributed by atoms with Crippen LogP contribution >= 0.6 is 0 Å². The van der Waals surface area contributed by atoms with E-state index in [1.807, 2.05) is 30.3 Å². The van der Waals surface area contributed by atoms with Gasteiger partial charge in [0.05, 0.1) is 23.3 Å². The maximum atomic E-state index is 12.4. The smallest absolute Gasteiger partial charge is 0.339 e. The number of pyridine rings is 1. The highest BCUT2D eigenvalue weighted by molar-refractivity contribution is 6.03. The Hall–Kier alpha value is -3.22. The predicted octanol–water partition coefficient (Wildman–Crippen LogP) is 1.95. The van der Waals surface area contributed by atoms with Gasteiger partial charge in [-0.25, -0.2) is 14.6 Å². The van der Waals surface area contributed by atoms with E-state index in [-0.39, 0.29) is 23.2 Å². The molecule has 0 unspecified atom stereocenters. The number of fused-ring (bicyclic) bond motifs is 1. The van der Waals surface area contributed by atoms with E-state index >= 15 is 0 Å².